The number of ketones is 1. The highest BCUT2D eigenvalue weighted by molar-refractivity contribution is 7.98. The van der Waals surface area contributed by atoms with E-state index in [1.165, 1.54) is 0 Å². The maximum atomic E-state index is 11.9. The second kappa shape index (κ2) is 4.77. The van der Waals surface area contributed by atoms with Gasteiger partial charge < -0.3 is 0 Å². The van der Waals surface area contributed by atoms with Crippen molar-refractivity contribution in [2.24, 2.45) is 5.41 Å². The smallest absolute Gasteiger partial charge is 0.166 e. The Kier molecular flexibility index (Phi) is 3.52. The van der Waals surface area contributed by atoms with Crippen LogP contribution in [0, 0.1) is 5.41 Å². The van der Waals surface area contributed by atoms with E-state index in [9.17, 15) is 4.79 Å². The van der Waals surface area contributed by atoms with Crippen LogP contribution in [0.2, 0.25) is 0 Å². The van der Waals surface area contributed by atoms with Gasteiger partial charge in [-0.15, -0.1) is 0 Å². The summed E-state index contributed by atoms with van der Waals surface area (Å²) in [7, 11) is 0. The molecule has 0 saturated heterocycles. The summed E-state index contributed by atoms with van der Waals surface area (Å²) in [6, 6.07) is 0. The molecule has 0 fully saturated rings. The lowest BCUT2D eigenvalue weighted by molar-refractivity contribution is 0.0909. The summed E-state index contributed by atoms with van der Waals surface area (Å²) >= 11 is 1.80. The normalized spacial score (nSPS) is 17.9. The number of hydrogen-bond donors (Lipinski definition) is 0. The molecule has 3 nitrogen and oxygen atoms in total. The third-order valence-electron chi connectivity index (χ3n) is 2.94. The van der Waals surface area contributed by atoms with Gasteiger partial charge >= 0.3 is 0 Å². The van der Waals surface area contributed by atoms with Gasteiger partial charge in [0.1, 0.15) is 5.82 Å². The number of thioether (sulfide) groups is 1. The van der Waals surface area contributed by atoms with E-state index in [4.69, 9.17) is 0 Å². The van der Waals surface area contributed by atoms with Crippen LogP contribution in [0.1, 0.15) is 49.1 Å². The largest absolute Gasteiger partial charge is 0.294 e. The van der Waals surface area contributed by atoms with Crippen molar-refractivity contribution in [1.29, 1.82) is 0 Å². The minimum Gasteiger partial charge on any atom is -0.294 e. The molecular formula is C13H18N2OS. The minimum atomic E-state index is 0.0353. The van der Waals surface area contributed by atoms with E-state index in [-0.39, 0.29) is 11.2 Å². The average Bonchev–Trinajstić information content (AvgIpc) is 2.24. The number of rotatable bonds is 3. The molecule has 0 radical (unpaired) electrons. The van der Waals surface area contributed by atoms with Gasteiger partial charge in [-0.2, -0.15) is 11.8 Å². The topological polar surface area (TPSA) is 42.9 Å². The molecule has 17 heavy (non-hydrogen) atoms. The fourth-order valence-electron chi connectivity index (χ4n) is 2.13. The summed E-state index contributed by atoms with van der Waals surface area (Å²) in [5.41, 5.74) is 1.70. The van der Waals surface area contributed by atoms with Crippen molar-refractivity contribution in [3.05, 3.63) is 23.3 Å². The zero-order chi connectivity index (χ0) is 12.5. The molecule has 0 bridgehead atoms. The zero-order valence-corrected chi connectivity index (χ0v) is 11.4. The molecule has 0 amide bonds. The Morgan fingerprint density at radius 3 is 2.88 bits per heavy atom. The van der Waals surface area contributed by atoms with Crippen LogP contribution in [-0.2, 0) is 12.2 Å². The Labute approximate surface area is 106 Å². The number of fused-ring (bicyclic) bond motifs is 1. The molecule has 0 saturated carbocycles. The molecule has 0 aromatic carbocycles. The highest BCUT2D eigenvalue weighted by Gasteiger charge is 2.32. The van der Waals surface area contributed by atoms with Crippen molar-refractivity contribution in [1.82, 2.24) is 9.97 Å². The molecule has 1 heterocycles. The molecule has 0 atom stereocenters. The molecule has 4 heteroatoms. The van der Waals surface area contributed by atoms with E-state index < -0.39 is 0 Å². The van der Waals surface area contributed by atoms with E-state index in [0.29, 0.717) is 6.42 Å². The summed E-state index contributed by atoms with van der Waals surface area (Å²) < 4.78 is 0. The van der Waals surface area contributed by atoms with Crippen molar-refractivity contribution < 1.29 is 4.79 Å². The molecule has 1 aromatic rings. The highest BCUT2D eigenvalue weighted by Crippen LogP contribution is 2.33. The van der Waals surface area contributed by atoms with E-state index in [1.807, 2.05) is 0 Å². The summed E-state index contributed by atoms with van der Waals surface area (Å²) in [5.74, 6) is 2.93. The third kappa shape index (κ3) is 2.86. The molecule has 1 aromatic heterocycles. The second-order valence-electron chi connectivity index (χ2n) is 5.22. The Balaban J connectivity index is 2.28. The lowest BCUT2D eigenvalue weighted by Gasteiger charge is -2.29. The summed E-state index contributed by atoms with van der Waals surface area (Å²) in [5, 5.41) is 0. The summed E-state index contributed by atoms with van der Waals surface area (Å²) in [4.78, 5) is 20.8. The van der Waals surface area contributed by atoms with Crippen LogP contribution >= 0.6 is 11.8 Å². The van der Waals surface area contributed by atoms with Gasteiger partial charge in [0.05, 0.1) is 17.0 Å². The molecule has 0 N–H and O–H groups in total. The fraction of sp³-hybridized carbons (Fsp3) is 0.615. The minimum absolute atomic E-state index is 0.0353. The average molecular weight is 250 g/mol. The SMILES string of the molecule is CCSCc1ncc2c(n1)CC(C)(C)CC2=O. The maximum Gasteiger partial charge on any atom is 0.166 e. The lowest BCUT2D eigenvalue weighted by Crippen LogP contribution is -2.28. The monoisotopic (exact) mass is 250 g/mol. The number of Topliss-reactive ketones (excluding diaryl/α,β-unsaturated/α-hetero) is 1. The van der Waals surface area contributed by atoms with Crippen LogP contribution in [0.4, 0.5) is 0 Å². The first-order valence-corrected chi connectivity index (χ1v) is 7.13. The van der Waals surface area contributed by atoms with Crippen LogP contribution in [-0.4, -0.2) is 21.5 Å². The second-order valence-corrected chi connectivity index (χ2v) is 6.50. The number of nitrogens with zero attached hydrogens (tertiary/aromatic N) is 2. The molecule has 1 aliphatic rings. The van der Waals surface area contributed by atoms with Gasteiger partial charge in [-0.05, 0) is 17.6 Å². The third-order valence-corrected chi connectivity index (χ3v) is 3.81. The Morgan fingerprint density at radius 1 is 1.41 bits per heavy atom. The van der Waals surface area contributed by atoms with Crippen molar-refractivity contribution in [3.8, 4) is 0 Å². The quantitative estimate of drug-likeness (QED) is 0.827. The molecule has 1 aliphatic carbocycles. The van der Waals surface area contributed by atoms with Crippen LogP contribution in [0.15, 0.2) is 6.20 Å². The van der Waals surface area contributed by atoms with Gasteiger partial charge in [0.25, 0.3) is 0 Å². The van der Waals surface area contributed by atoms with E-state index in [0.717, 1.165) is 35.0 Å². The number of carbonyl (C=O) groups is 1. The van der Waals surface area contributed by atoms with Crippen molar-refractivity contribution in [3.63, 3.8) is 0 Å². The standard InChI is InChI=1S/C13H18N2OS/c1-4-17-8-12-14-7-9-10(15-12)5-13(2,3)6-11(9)16/h7H,4-6,8H2,1-3H3. The molecule has 2 rings (SSSR count). The van der Waals surface area contributed by atoms with E-state index in [1.54, 1.807) is 18.0 Å². The van der Waals surface area contributed by atoms with Crippen molar-refractivity contribution in [2.45, 2.75) is 39.4 Å². The van der Waals surface area contributed by atoms with Gasteiger partial charge in [-0.25, -0.2) is 9.97 Å². The summed E-state index contributed by atoms with van der Waals surface area (Å²) in [6.45, 7) is 6.36. The summed E-state index contributed by atoms with van der Waals surface area (Å²) in [6.07, 6.45) is 3.19. The lowest BCUT2D eigenvalue weighted by atomic mass is 9.76. The van der Waals surface area contributed by atoms with Crippen LogP contribution in [0.3, 0.4) is 0 Å². The van der Waals surface area contributed by atoms with E-state index >= 15 is 0 Å². The van der Waals surface area contributed by atoms with Gasteiger partial charge in [-0.3, -0.25) is 4.79 Å². The van der Waals surface area contributed by atoms with Gasteiger partial charge in [0.15, 0.2) is 5.78 Å². The Morgan fingerprint density at radius 2 is 2.18 bits per heavy atom. The number of hydrogen-bond acceptors (Lipinski definition) is 4. The molecule has 0 aliphatic heterocycles. The molecule has 0 unspecified atom stereocenters. The van der Waals surface area contributed by atoms with Gasteiger partial charge in [-0.1, -0.05) is 20.8 Å². The maximum absolute atomic E-state index is 11.9. The fourth-order valence-corrected chi connectivity index (χ4v) is 2.66. The first-order chi connectivity index (χ1) is 8.02. The molecular weight excluding hydrogens is 232 g/mol. The van der Waals surface area contributed by atoms with Crippen molar-refractivity contribution >= 4 is 17.5 Å². The first-order valence-electron chi connectivity index (χ1n) is 5.97. The van der Waals surface area contributed by atoms with E-state index in [2.05, 4.69) is 30.7 Å². The van der Waals surface area contributed by atoms with Crippen LogP contribution in [0.5, 0.6) is 0 Å². The number of aromatic nitrogens is 2. The molecule has 0 spiro atoms. The van der Waals surface area contributed by atoms with Crippen LogP contribution < -0.4 is 0 Å². The zero-order valence-electron chi connectivity index (χ0n) is 10.6. The Bertz CT molecular complexity index is 443. The van der Waals surface area contributed by atoms with Crippen molar-refractivity contribution in [2.75, 3.05) is 5.75 Å². The van der Waals surface area contributed by atoms with Crippen LogP contribution in [0.25, 0.3) is 0 Å². The number of carbonyl (C=O) groups excluding carboxylic acids is 1. The Hall–Kier alpha value is -0.900. The molecule has 92 valence electrons. The predicted octanol–water partition coefficient (Wildman–Crippen LogP) is 2.88. The predicted molar refractivity (Wildman–Crippen MR) is 70.3 cm³/mol. The van der Waals surface area contributed by atoms with Gasteiger partial charge in [0, 0.05) is 12.6 Å². The van der Waals surface area contributed by atoms with Gasteiger partial charge in [0.2, 0.25) is 0 Å². The first kappa shape index (κ1) is 12.6. The highest BCUT2D eigenvalue weighted by atomic mass is 32.2.